The molecule has 198 valence electrons. The molecule has 0 fully saturated rings. The second kappa shape index (κ2) is 15.4. The van der Waals surface area contributed by atoms with Gasteiger partial charge < -0.3 is 28.4 Å². The highest BCUT2D eigenvalue weighted by atomic mass is 17.3. The zero-order chi connectivity index (χ0) is 26.3. The summed E-state index contributed by atoms with van der Waals surface area (Å²) in [5.41, 5.74) is 0.128. The van der Waals surface area contributed by atoms with E-state index in [0.717, 1.165) is 0 Å². The topological polar surface area (TPSA) is 126 Å². The minimum absolute atomic E-state index is 0.0641. The van der Waals surface area contributed by atoms with Crippen LogP contribution in [0, 0.1) is 0 Å². The molecule has 2 aromatic carbocycles. The van der Waals surface area contributed by atoms with E-state index in [9.17, 15) is 9.59 Å². The molecule has 0 aromatic heterocycles. The predicted octanol–water partition coefficient (Wildman–Crippen LogP) is 2.98. The number of ether oxygens (including phenoxy) is 6. The molecule has 0 spiro atoms. The van der Waals surface area contributed by atoms with Crippen LogP contribution in [-0.4, -0.2) is 73.1 Å². The molecule has 0 aliphatic rings. The van der Waals surface area contributed by atoms with E-state index in [0.29, 0.717) is 24.7 Å². The second-order valence-electron chi connectivity index (χ2n) is 6.77. The maximum absolute atomic E-state index is 12.5. The normalized spacial score (nSPS) is 10.6. The maximum Gasteiger partial charge on any atom is 0.376 e. The third kappa shape index (κ3) is 8.57. The number of carbonyl (C=O) groups excluding carboxylic acids is 2. The van der Waals surface area contributed by atoms with E-state index in [-0.39, 0.29) is 35.8 Å². The molecule has 2 aromatic rings. The molecule has 0 heterocycles. The third-order valence-corrected chi connectivity index (χ3v) is 4.55. The van der Waals surface area contributed by atoms with Gasteiger partial charge in [0.25, 0.3) is 6.29 Å². The molecular weight excluding hydrogens is 480 g/mol. The van der Waals surface area contributed by atoms with Crippen molar-refractivity contribution in [3.8, 4) is 23.0 Å². The summed E-state index contributed by atoms with van der Waals surface area (Å²) in [4.78, 5) is 44.9. The Bertz CT molecular complexity index is 906. The standard InChI is InChI=1S/C24H30O12/c1-6-31-11-12-32-15-22(33-35-23(25)18-9-7-16(27-2)13-20(18)29-4)34-36-24(26)19-10-8-17(28-3)14-21(19)30-5/h7-10,13-14,22H,6,11-12,15H2,1-5H3. The van der Waals surface area contributed by atoms with Crippen molar-refractivity contribution >= 4 is 11.9 Å². The zero-order valence-corrected chi connectivity index (χ0v) is 20.8. The van der Waals surface area contributed by atoms with Crippen molar-refractivity contribution in [1.29, 1.82) is 0 Å². The van der Waals surface area contributed by atoms with Gasteiger partial charge in [0.1, 0.15) is 40.7 Å². The van der Waals surface area contributed by atoms with Crippen LogP contribution >= 0.6 is 0 Å². The first-order valence-electron chi connectivity index (χ1n) is 10.8. The van der Waals surface area contributed by atoms with Gasteiger partial charge >= 0.3 is 11.9 Å². The predicted molar refractivity (Wildman–Crippen MR) is 123 cm³/mol. The van der Waals surface area contributed by atoms with Gasteiger partial charge in [-0.05, 0) is 31.2 Å². The first kappa shape index (κ1) is 28.7. The van der Waals surface area contributed by atoms with Crippen LogP contribution < -0.4 is 18.9 Å². The van der Waals surface area contributed by atoms with Crippen LogP contribution in [0.5, 0.6) is 23.0 Å². The molecule has 0 radical (unpaired) electrons. The van der Waals surface area contributed by atoms with Crippen LogP contribution in [0.2, 0.25) is 0 Å². The van der Waals surface area contributed by atoms with Gasteiger partial charge in [0.2, 0.25) is 0 Å². The first-order valence-corrected chi connectivity index (χ1v) is 10.8. The Kier molecular flexibility index (Phi) is 12.3. The molecule has 0 unspecified atom stereocenters. The van der Waals surface area contributed by atoms with Crippen molar-refractivity contribution in [2.75, 3.05) is 54.9 Å². The molecule has 36 heavy (non-hydrogen) atoms. The van der Waals surface area contributed by atoms with Crippen molar-refractivity contribution in [3.05, 3.63) is 47.5 Å². The smallest absolute Gasteiger partial charge is 0.376 e. The van der Waals surface area contributed by atoms with Crippen LogP contribution in [0.4, 0.5) is 0 Å². The fourth-order valence-electron chi connectivity index (χ4n) is 2.73. The van der Waals surface area contributed by atoms with E-state index in [4.69, 9.17) is 48.0 Å². The van der Waals surface area contributed by atoms with Gasteiger partial charge in [0, 0.05) is 18.7 Å². The van der Waals surface area contributed by atoms with Gasteiger partial charge in [-0.2, -0.15) is 0 Å². The largest absolute Gasteiger partial charge is 0.497 e. The van der Waals surface area contributed by atoms with E-state index >= 15 is 0 Å². The van der Waals surface area contributed by atoms with Crippen LogP contribution in [-0.2, 0) is 29.0 Å². The highest BCUT2D eigenvalue weighted by Crippen LogP contribution is 2.26. The Morgan fingerprint density at radius 1 is 0.694 bits per heavy atom. The lowest BCUT2D eigenvalue weighted by Gasteiger charge is -2.16. The maximum atomic E-state index is 12.5. The summed E-state index contributed by atoms with van der Waals surface area (Å²) in [6.45, 7) is 2.61. The average molecular weight is 510 g/mol. The lowest BCUT2D eigenvalue weighted by atomic mass is 10.2. The van der Waals surface area contributed by atoms with Crippen molar-refractivity contribution in [3.63, 3.8) is 0 Å². The van der Waals surface area contributed by atoms with Gasteiger partial charge in [-0.1, -0.05) is 0 Å². The summed E-state index contributed by atoms with van der Waals surface area (Å²) in [7, 11) is 5.73. The Morgan fingerprint density at radius 2 is 1.17 bits per heavy atom. The lowest BCUT2D eigenvalue weighted by Crippen LogP contribution is -2.27. The molecule has 0 N–H and O–H groups in total. The van der Waals surface area contributed by atoms with Crippen molar-refractivity contribution < 1.29 is 57.6 Å². The first-order chi connectivity index (χ1) is 17.5. The number of hydrogen-bond acceptors (Lipinski definition) is 12. The molecule has 2 rings (SSSR count). The van der Waals surface area contributed by atoms with Gasteiger partial charge in [-0.25, -0.2) is 9.59 Å². The Labute approximate surface area is 208 Å². The highest BCUT2D eigenvalue weighted by Gasteiger charge is 2.23. The van der Waals surface area contributed by atoms with E-state index in [1.165, 1.54) is 52.7 Å². The zero-order valence-electron chi connectivity index (χ0n) is 20.8. The molecule has 12 nitrogen and oxygen atoms in total. The third-order valence-electron chi connectivity index (χ3n) is 4.55. The lowest BCUT2D eigenvalue weighted by molar-refractivity contribution is -0.427. The summed E-state index contributed by atoms with van der Waals surface area (Å²) in [5, 5.41) is 0. The summed E-state index contributed by atoms with van der Waals surface area (Å²) >= 11 is 0. The molecule has 0 aliphatic heterocycles. The van der Waals surface area contributed by atoms with E-state index in [2.05, 4.69) is 0 Å². The molecular formula is C24H30O12. The molecule has 12 heteroatoms. The van der Waals surface area contributed by atoms with Gasteiger partial charge in [0.05, 0.1) is 41.7 Å². The monoisotopic (exact) mass is 510 g/mol. The van der Waals surface area contributed by atoms with E-state index in [1.54, 1.807) is 12.1 Å². The number of carbonyl (C=O) groups is 2. The average Bonchev–Trinajstić information content (AvgIpc) is 2.92. The van der Waals surface area contributed by atoms with Crippen molar-refractivity contribution in [2.24, 2.45) is 0 Å². The van der Waals surface area contributed by atoms with E-state index in [1.807, 2.05) is 6.92 Å². The molecule has 0 saturated carbocycles. The van der Waals surface area contributed by atoms with Gasteiger partial charge in [-0.15, -0.1) is 9.78 Å². The van der Waals surface area contributed by atoms with Gasteiger partial charge in [0.15, 0.2) is 0 Å². The molecule has 0 atom stereocenters. The second-order valence-corrected chi connectivity index (χ2v) is 6.77. The summed E-state index contributed by atoms with van der Waals surface area (Å²) in [6, 6.07) is 8.99. The Morgan fingerprint density at radius 3 is 1.58 bits per heavy atom. The number of rotatable bonds is 16. The molecule has 0 bridgehead atoms. The van der Waals surface area contributed by atoms with E-state index < -0.39 is 18.2 Å². The molecule has 0 saturated heterocycles. The van der Waals surface area contributed by atoms with Crippen LogP contribution in [0.3, 0.4) is 0 Å². The highest BCUT2D eigenvalue weighted by molar-refractivity contribution is 5.93. The SMILES string of the molecule is CCOCCOCC(OOC(=O)c1ccc(OC)cc1OC)OOC(=O)c1ccc(OC)cc1OC. The fraction of sp³-hybridized carbons (Fsp3) is 0.417. The summed E-state index contributed by atoms with van der Waals surface area (Å²) in [5.74, 6) is -0.415. The van der Waals surface area contributed by atoms with Crippen molar-refractivity contribution in [1.82, 2.24) is 0 Å². The van der Waals surface area contributed by atoms with Crippen LogP contribution in [0.1, 0.15) is 27.6 Å². The van der Waals surface area contributed by atoms with Crippen LogP contribution in [0.25, 0.3) is 0 Å². The summed E-state index contributed by atoms with van der Waals surface area (Å²) in [6.07, 6.45) is -1.42. The van der Waals surface area contributed by atoms with Gasteiger partial charge in [-0.3, -0.25) is 9.78 Å². The number of methoxy groups -OCH3 is 4. The Hall–Kier alpha value is -3.58. The molecule has 0 aliphatic carbocycles. The minimum Gasteiger partial charge on any atom is -0.497 e. The number of hydrogen-bond donors (Lipinski definition) is 0. The summed E-state index contributed by atoms with van der Waals surface area (Å²) < 4.78 is 31.2. The fourth-order valence-corrected chi connectivity index (χ4v) is 2.73. The Balaban J connectivity index is 2.04. The van der Waals surface area contributed by atoms with Crippen molar-refractivity contribution in [2.45, 2.75) is 13.2 Å². The molecule has 0 amide bonds. The quantitative estimate of drug-likeness (QED) is 0.143. The van der Waals surface area contributed by atoms with Crippen LogP contribution in [0.15, 0.2) is 36.4 Å². The minimum atomic E-state index is -1.42. The number of benzene rings is 2.